The van der Waals surface area contributed by atoms with Crippen LogP contribution in [0.5, 0.6) is 0 Å². The molecule has 4 unspecified atom stereocenters. The first-order valence-electron chi connectivity index (χ1n) is 7.80. The quantitative estimate of drug-likeness (QED) is 0.339. The molecule has 1 saturated carbocycles. The Balaban J connectivity index is 0.000000389. The van der Waals surface area contributed by atoms with Gasteiger partial charge in [0.25, 0.3) is 0 Å². The van der Waals surface area contributed by atoms with Crippen molar-refractivity contribution < 1.29 is 4.92 Å². The molecule has 3 fully saturated rings. The van der Waals surface area contributed by atoms with Gasteiger partial charge in [-0.05, 0) is 38.1 Å². The standard InChI is InChI=1S/C10H18N2.2C2H6.3HI.V/c1-10-8(6-12-10)4-2-3-7-5-11-9(7)10;2*1-2;;;;/h7-9,11-12H,2-6H2,1H3;2*1-2H3;3*1H;/q;;;;;;+3/p-3. The van der Waals surface area contributed by atoms with E-state index in [-0.39, 0.29) is 4.92 Å². The summed E-state index contributed by atoms with van der Waals surface area (Å²) in [5.41, 5.74) is 0.458. The van der Waals surface area contributed by atoms with E-state index in [4.69, 9.17) is 0 Å². The zero-order valence-corrected chi connectivity index (χ0v) is 21.2. The summed E-state index contributed by atoms with van der Waals surface area (Å²) in [6, 6.07) is 0.791. The number of hydrogen-bond donors (Lipinski definition) is 2. The maximum absolute atomic E-state index is 3.63. The second-order valence-corrected chi connectivity index (χ2v) is 40.5. The van der Waals surface area contributed by atoms with Crippen LogP contribution in [0.3, 0.4) is 0 Å². The second-order valence-electron chi connectivity index (χ2n) is 5.13. The molecule has 0 bridgehead atoms. The Morgan fingerprint density at radius 1 is 1.00 bits per heavy atom. The van der Waals surface area contributed by atoms with Crippen LogP contribution in [-0.4, -0.2) is 24.7 Å². The predicted molar refractivity (Wildman–Crippen MR) is 114 cm³/mol. The molecule has 122 valence electrons. The van der Waals surface area contributed by atoms with Crippen molar-refractivity contribution in [2.45, 2.75) is 65.5 Å². The monoisotopic (exact) mass is 658 g/mol. The molecule has 2 saturated heterocycles. The summed E-state index contributed by atoms with van der Waals surface area (Å²) in [6.45, 7) is 13.0. The van der Waals surface area contributed by atoms with Crippen LogP contribution in [0.2, 0.25) is 0 Å². The molecular formula is C14H30I3N2V. The van der Waals surface area contributed by atoms with Crippen molar-refractivity contribution in [1.29, 1.82) is 0 Å². The number of nitrogens with one attached hydrogen (secondary N) is 2. The average Bonchev–Trinajstić information content (AvgIpc) is 2.44. The van der Waals surface area contributed by atoms with Crippen molar-refractivity contribution in [3.63, 3.8) is 0 Å². The summed E-state index contributed by atoms with van der Waals surface area (Å²) in [5, 5.41) is 7.23. The Labute approximate surface area is 163 Å². The molecule has 2 nitrogen and oxygen atoms in total. The van der Waals surface area contributed by atoms with Gasteiger partial charge < -0.3 is 10.6 Å². The summed E-state index contributed by atoms with van der Waals surface area (Å²) >= 11 is 7.39. The van der Waals surface area contributed by atoms with E-state index in [1.807, 2.05) is 27.7 Å². The van der Waals surface area contributed by atoms with Gasteiger partial charge in [-0.25, -0.2) is 0 Å². The van der Waals surface area contributed by atoms with Crippen LogP contribution in [0.1, 0.15) is 53.9 Å². The molecule has 0 radical (unpaired) electrons. The molecule has 3 rings (SSSR count). The van der Waals surface area contributed by atoms with E-state index in [1.54, 1.807) is 0 Å². The van der Waals surface area contributed by atoms with Crippen LogP contribution in [0, 0.1) is 11.8 Å². The van der Waals surface area contributed by atoms with Crippen molar-refractivity contribution in [3.8, 4) is 0 Å². The van der Waals surface area contributed by atoms with E-state index < -0.39 is 0 Å². The van der Waals surface area contributed by atoms with Crippen LogP contribution >= 0.6 is 59.9 Å². The molecule has 20 heavy (non-hydrogen) atoms. The molecule has 3 aliphatic rings. The molecule has 0 spiro atoms. The molecule has 4 atom stereocenters. The van der Waals surface area contributed by atoms with Gasteiger partial charge in [0.15, 0.2) is 0 Å². The third-order valence-electron chi connectivity index (χ3n) is 4.42. The van der Waals surface area contributed by atoms with Crippen LogP contribution in [0.25, 0.3) is 0 Å². The van der Waals surface area contributed by atoms with Crippen molar-refractivity contribution in [1.82, 2.24) is 10.6 Å². The van der Waals surface area contributed by atoms with Gasteiger partial charge in [0.1, 0.15) is 0 Å². The molecule has 1 aliphatic carbocycles. The van der Waals surface area contributed by atoms with Crippen LogP contribution in [0.15, 0.2) is 0 Å². The minimum absolute atomic E-state index is 0.278. The first-order chi connectivity index (χ1) is 9.54. The van der Waals surface area contributed by atoms with E-state index in [0.29, 0.717) is 5.54 Å². The fraction of sp³-hybridized carbons (Fsp3) is 1.00. The molecule has 0 aromatic heterocycles. The Bertz CT molecular complexity index is 254. The Hall–Kier alpha value is 2.69. The Kier molecular flexibility index (Phi) is 13.7. The van der Waals surface area contributed by atoms with Crippen LogP contribution in [-0.2, 0) is 4.92 Å². The Morgan fingerprint density at radius 3 is 1.90 bits per heavy atom. The zero-order chi connectivity index (χ0) is 15.8. The third-order valence-corrected chi connectivity index (χ3v) is 4.42. The van der Waals surface area contributed by atoms with Crippen LogP contribution < -0.4 is 10.6 Å². The molecule has 6 heteroatoms. The van der Waals surface area contributed by atoms with Gasteiger partial charge >= 0.3 is 64.9 Å². The van der Waals surface area contributed by atoms with E-state index in [0.717, 1.165) is 17.9 Å². The molecule has 0 aromatic carbocycles. The van der Waals surface area contributed by atoms with Gasteiger partial charge in [0.05, 0.1) is 0 Å². The van der Waals surface area contributed by atoms with Crippen molar-refractivity contribution in [2.75, 3.05) is 13.1 Å². The normalized spacial score (nSPS) is 36.8. The fourth-order valence-corrected chi connectivity index (χ4v) is 3.33. The zero-order valence-electron chi connectivity index (χ0n) is 13.3. The topological polar surface area (TPSA) is 24.1 Å². The summed E-state index contributed by atoms with van der Waals surface area (Å²) in [5.74, 6) is 1.94. The molecule has 2 aliphatic heterocycles. The SMILES string of the molecule is CC.CC.CC12NCC1CCCC1CNC12.[I][V]([I])[I]. The molecular weight excluding hydrogens is 628 g/mol. The Morgan fingerprint density at radius 2 is 1.55 bits per heavy atom. The summed E-state index contributed by atoms with van der Waals surface area (Å²) in [7, 11) is 0. The van der Waals surface area contributed by atoms with E-state index in [9.17, 15) is 0 Å². The van der Waals surface area contributed by atoms with E-state index >= 15 is 0 Å². The molecule has 2 N–H and O–H groups in total. The second kappa shape index (κ2) is 12.1. The summed E-state index contributed by atoms with van der Waals surface area (Å²) < 4.78 is 0. The van der Waals surface area contributed by atoms with Gasteiger partial charge in [-0.1, -0.05) is 34.1 Å². The minimum atomic E-state index is -0.278. The number of hydrogen-bond acceptors (Lipinski definition) is 2. The van der Waals surface area contributed by atoms with Gasteiger partial charge in [-0.2, -0.15) is 0 Å². The fourth-order valence-electron chi connectivity index (χ4n) is 3.33. The van der Waals surface area contributed by atoms with Gasteiger partial charge in [0.2, 0.25) is 0 Å². The summed E-state index contributed by atoms with van der Waals surface area (Å²) in [6.07, 6.45) is 4.38. The van der Waals surface area contributed by atoms with Gasteiger partial charge in [-0.3, -0.25) is 0 Å². The van der Waals surface area contributed by atoms with Gasteiger partial charge in [0, 0.05) is 18.1 Å². The van der Waals surface area contributed by atoms with Crippen LogP contribution in [0.4, 0.5) is 0 Å². The van der Waals surface area contributed by atoms with Crippen molar-refractivity contribution in [3.05, 3.63) is 0 Å². The molecule has 0 aromatic rings. The molecule has 2 heterocycles. The first-order valence-corrected chi connectivity index (χ1v) is 21.3. The first kappa shape index (κ1) is 22.7. The van der Waals surface area contributed by atoms with E-state index in [2.05, 4.69) is 77.5 Å². The predicted octanol–water partition coefficient (Wildman–Crippen LogP) is 5.44. The van der Waals surface area contributed by atoms with Crippen molar-refractivity contribution in [2.24, 2.45) is 11.8 Å². The number of fused-ring (bicyclic) bond motifs is 3. The van der Waals surface area contributed by atoms with Crippen molar-refractivity contribution >= 4 is 59.9 Å². The number of halogens is 3. The average molecular weight is 658 g/mol. The molecule has 0 amide bonds. The van der Waals surface area contributed by atoms with Gasteiger partial charge in [-0.15, -0.1) is 0 Å². The third kappa shape index (κ3) is 6.30. The van der Waals surface area contributed by atoms with E-state index in [1.165, 1.54) is 32.4 Å². The maximum atomic E-state index is 3.63. The summed E-state index contributed by atoms with van der Waals surface area (Å²) in [4.78, 5) is -0.278. The number of rotatable bonds is 0.